The van der Waals surface area contributed by atoms with Crippen LogP contribution in [0.1, 0.15) is 19.4 Å². The lowest BCUT2D eigenvalue weighted by molar-refractivity contribution is -0.148. The van der Waals surface area contributed by atoms with E-state index in [1.54, 1.807) is 33.0 Å². The van der Waals surface area contributed by atoms with Crippen molar-refractivity contribution >= 4 is 23.3 Å². The number of fused-ring (bicyclic) bond motifs is 1. The van der Waals surface area contributed by atoms with E-state index in [0.717, 1.165) is 5.56 Å². The van der Waals surface area contributed by atoms with Gasteiger partial charge in [-0.1, -0.05) is 5.16 Å². The van der Waals surface area contributed by atoms with Crippen LogP contribution in [0.4, 0.5) is 5.69 Å². The molecule has 22 heavy (non-hydrogen) atoms. The first-order chi connectivity index (χ1) is 10.5. The molecule has 7 nitrogen and oxygen atoms in total. The summed E-state index contributed by atoms with van der Waals surface area (Å²) in [7, 11) is 1.69. The van der Waals surface area contributed by atoms with Crippen LogP contribution in [0.15, 0.2) is 23.4 Å². The fourth-order valence-corrected chi connectivity index (χ4v) is 1.93. The number of ether oxygens (including phenoxy) is 2. The van der Waals surface area contributed by atoms with Crippen LogP contribution in [0.2, 0.25) is 0 Å². The second-order valence-electron chi connectivity index (χ2n) is 4.68. The van der Waals surface area contributed by atoms with Gasteiger partial charge in [0.1, 0.15) is 5.75 Å². The second-order valence-corrected chi connectivity index (χ2v) is 4.68. The number of amides is 1. The molecule has 0 N–H and O–H groups in total. The molecule has 1 heterocycles. The molecule has 1 aromatic rings. The molecule has 0 bridgehead atoms. The second kappa shape index (κ2) is 6.93. The van der Waals surface area contributed by atoms with Gasteiger partial charge < -0.3 is 19.2 Å². The SMILES string of the molecule is CCOC(=O)CO/N=C(/C)c1ccc2c(c1)N(C)C(=O)CO2. The molecular formula is C15H18N2O5. The summed E-state index contributed by atoms with van der Waals surface area (Å²) in [5.41, 5.74) is 2.03. The highest BCUT2D eigenvalue weighted by atomic mass is 16.7. The van der Waals surface area contributed by atoms with E-state index < -0.39 is 5.97 Å². The van der Waals surface area contributed by atoms with Crippen molar-refractivity contribution < 1.29 is 23.9 Å². The van der Waals surface area contributed by atoms with Gasteiger partial charge in [-0.15, -0.1) is 0 Å². The Morgan fingerprint density at radius 2 is 2.23 bits per heavy atom. The van der Waals surface area contributed by atoms with Gasteiger partial charge >= 0.3 is 5.97 Å². The molecule has 0 spiro atoms. The molecule has 1 aliphatic rings. The van der Waals surface area contributed by atoms with Gasteiger partial charge in [-0.2, -0.15) is 0 Å². The molecule has 2 rings (SSSR count). The largest absolute Gasteiger partial charge is 0.482 e. The molecule has 1 amide bonds. The number of esters is 1. The summed E-state index contributed by atoms with van der Waals surface area (Å²) in [4.78, 5) is 29.3. The summed E-state index contributed by atoms with van der Waals surface area (Å²) in [6.45, 7) is 3.57. The fourth-order valence-electron chi connectivity index (χ4n) is 1.93. The van der Waals surface area contributed by atoms with E-state index in [1.165, 1.54) is 4.90 Å². The predicted octanol–water partition coefficient (Wildman–Crippen LogP) is 1.35. The van der Waals surface area contributed by atoms with E-state index in [2.05, 4.69) is 5.16 Å². The Kier molecular flexibility index (Phi) is 4.98. The van der Waals surface area contributed by atoms with Crippen molar-refractivity contribution in [3.05, 3.63) is 23.8 Å². The van der Waals surface area contributed by atoms with E-state index in [0.29, 0.717) is 23.8 Å². The third-order valence-corrected chi connectivity index (χ3v) is 3.15. The molecule has 0 aliphatic carbocycles. The Morgan fingerprint density at radius 3 is 2.95 bits per heavy atom. The molecular weight excluding hydrogens is 288 g/mol. The summed E-state index contributed by atoms with van der Waals surface area (Å²) in [5.74, 6) is 0.0621. The lowest BCUT2D eigenvalue weighted by Gasteiger charge is -2.26. The Labute approximate surface area is 128 Å². The van der Waals surface area contributed by atoms with Crippen LogP contribution in [0.5, 0.6) is 5.75 Å². The van der Waals surface area contributed by atoms with Crippen molar-refractivity contribution in [2.24, 2.45) is 5.16 Å². The van der Waals surface area contributed by atoms with Crippen molar-refractivity contribution in [2.75, 3.05) is 31.8 Å². The lowest BCUT2D eigenvalue weighted by atomic mass is 10.1. The van der Waals surface area contributed by atoms with E-state index in [9.17, 15) is 9.59 Å². The van der Waals surface area contributed by atoms with Crippen molar-refractivity contribution in [2.45, 2.75) is 13.8 Å². The van der Waals surface area contributed by atoms with Crippen LogP contribution in [-0.2, 0) is 19.2 Å². The maximum absolute atomic E-state index is 11.6. The van der Waals surface area contributed by atoms with Crippen molar-refractivity contribution in [1.82, 2.24) is 0 Å². The maximum Gasteiger partial charge on any atom is 0.347 e. The van der Waals surface area contributed by atoms with Crippen LogP contribution < -0.4 is 9.64 Å². The first-order valence-electron chi connectivity index (χ1n) is 6.89. The van der Waals surface area contributed by atoms with Crippen LogP contribution in [0.3, 0.4) is 0 Å². The van der Waals surface area contributed by atoms with Crippen molar-refractivity contribution in [1.29, 1.82) is 0 Å². The Hall–Kier alpha value is -2.57. The van der Waals surface area contributed by atoms with Gasteiger partial charge in [0.05, 0.1) is 18.0 Å². The van der Waals surface area contributed by atoms with Crippen molar-refractivity contribution in [3.63, 3.8) is 0 Å². The number of likely N-dealkylation sites (N-methyl/N-ethyl adjacent to an activating group) is 1. The molecule has 118 valence electrons. The summed E-state index contributed by atoms with van der Waals surface area (Å²) >= 11 is 0. The Bertz CT molecular complexity index is 612. The normalized spacial score (nSPS) is 14.2. The fraction of sp³-hybridized carbons (Fsp3) is 0.400. The molecule has 0 aromatic heterocycles. The molecule has 0 saturated heterocycles. The minimum atomic E-state index is -0.469. The quantitative estimate of drug-likeness (QED) is 0.466. The van der Waals surface area contributed by atoms with Crippen LogP contribution in [0, 0.1) is 0 Å². The van der Waals surface area contributed by atoms with Gasteiger partial charge in [0, 0.05) is 12.6 Å². The van der Waals surface area contributed by atoms with E-state index in [1.807, 2.05) is 6.07 Å². The lowest BCUT2D eigenvalue weighted by Crippen LogP contribution is -2.35. The topological polar surface area (TPSA) is 77.4 Å². The third-order valence-electron chi connectivity index (χ3n) is 3.15. The summed E-state index contributed by atoms with van der Waals surface area (Å²) in [5, 5.41) is 3.88. The minimum absolute atomic E-state index is 0.0402. The highest BCUT2D eigenvalue weighted by Crippen LogP contribution is 2.32. The number of rotatable bonds is 5. The number of nitrogens with zero attached hydrogens (tertiary/aromatic N) is 2. The van der Waals surface area contributed by atoms with E-state index >= 15 is 0 Å². The molecule has 1 aliphatic heterocycles. The number of anilines is 1. The third kappa shape index (κ3) is 3.55. The van der Waals surface area contributed by atoms with Gasteiger partial charge in [0.15, 0.2) is 6.61 Å². The van der Waals surface area contributed by atoms with E-state index in [4.69, 9.17) is 14.3 Å². The average molecular weight is 306 g/mol. The van der Waals surface area contributed by atoms with E-state index in [-0.39, 0.29) is 19.1 Å². The zero-order valence-corrected chi connectivity index (χ0v) is 12.8. The molecule has 1 aromatic carbocycles. The summed E-state index contributed by atoms with van der Waals surface area (Å²) in [6, 6.07) is 5.38. The van der Waals surface area contributed by atoms with Gasteiger partial charge in [-0.3, -0.25) is 4.79 Å². The van der Waals surface area contributed by atoms with Gasteiger partial charge in [-0.05, 0) is 32.0 Å². The number of hydrogen-bond acceptors (Lipinski definition) is 6. The molecule has 7 heteroatoms. The Morgan fingerprint density at radius 1 is 1.45 bits per heavy atom. The number of carbonyl (C=O) groups is 2. The predicted molar refractivity (Wildman–Crippen MR) is 80.1 cm³/mol. The number of carbonyl (C=O) groups excluding carboxylic acids is 2. The first kappa shape index (κ1) is 15.8. The summed E-state index contributed by atoms with van der Waals surface area (Å²) in [6.07, 6.45) is 0. The monoisotopic (exact) mass is 306 g/mol. The minimum Gasteiger partial charge on any atom is -0.482 e. The zero-order valence-electron chi connectivity index (χ0n) is 12.8. The van der Waals surface area contributed by atoms with Crippen LogP contribution >= 0.6 is 0 Å². The zero-order chi connectivity index (χ0) is 16.1. The maximum atomic E-state index is 11.6. The van der Waals surface area contributed by atoms with Crippen LogP contribution in [-0.4, -0.2) is 44.5 Å². The highest BCUT2D eigenvalue weighted by Gasteiger charge is 2.22. The Balaban J connectivity index is 2.09. The molecule has 0 saturated carbocycles. The first-order valence-corrected chi connectivity index (χ1v) is 6.89. The number of oxime groups is 1. The number of hydrogen-bond donors (Lipinski definition) is 0. The van der Waals surface area contributed by atoms with Gasteiger partial charge in [-0.25, -0.2) is 4.79 Å². The number of benzene rings is 1. The smallest absolute Gasteiger partial charge is 0.347 e. The van der Waals surface area contributed by atoms with Gasteiger partial charge in [0.25, 0.3) is 5.91 Å². The summed E-state index contributed by atoms with van der Waals surface area (Å²) < 4.78 is 10.1. The highest BCUT2D eigenvalue weighted by molar-refractivity contribution is 6.02. The average Bonchev–Trinajstić information content (AvgIpc) is 2.51. The van der Waals surface area contributed by atoms with Crippen molar-refractivity contribution in [3.8, 4) is 5.75 Å². The molecule has 0 radical (unpaired) electrons. The van der Waals surface area contributed by atoms with Gasteiger partial charge in [0.2, 0.25) is 6.61 Å². The molecule has 0 atom stereocenters. The standard InChI is InChI=1S/C15H18N2O5/c1-4-20-15(19)9-22-16-10(2)11-5-6-13-12(7-11)17(3)14(18)8-21-13/h5-7H,4,8-9H2,1-3H3/b16-10-. The molecule has 0 fully saturated rings. The van der Waals surface area contributed by atoms with Crippen LogP contribution in [0.25, 0.3) is 0 Å². The molecule has 0 unspecified atom stereocenters.